The number of rotatable bonds is 8. The van der Waals surface area contributed by atoms with E-state index in [9.17, 15) is 9.18 Å². The van der Waals surface area contributed by atoms with Crippen LogP contribution in [0.15, 0.2) is 48.5 Å². The normalized spacial score (nSPS) is 15.6. The Morgan fingerprint density at radius 2 is 1.74 bits per heavy atom. The maximum absolute atomic E-state index is 13.3. The van der Waals surface area contributed by atoms with Crippen molar-refractivity contribution >= 4 is 5.91 Å². The molecule has 1 fully saturated rings. The van der Waals surface area contributed by atoms with Crippen LogP contribution >= 0.6 is 0 Å². The van der Waals surface area contributed by atoms with Gasteiger partial charge in [0.2, 0.25) is 5.91 Å². The maximum atomic E-state index is 13.3. The van der Waals surface area contributed by atoms with Crippen LogP contribution in [-0.4, -0.2) is 30.4 Å². The fourth-order valence-electron chi connectivity index (χ4n) is 3.70. The van der Waals surface area contributed by atoms with Gasteiger partial charge in [0, 0.05) is 13.0 Å². The van der Waals surface area contributed by atoms with Gasteiger partial charge in [-0.25, -0.2) is 4.39 Å². The minimum atomic E-state index is -0.223. The van der Waals surface area contributed by atoms with Gasteiger partial charge in [-0.1, -0.05) is 42.0 Å². The molecule has 1 amide bonds. The van der Waals surface area contributed by atoms with E-state index in [1.165, 1.54) is 36.1 Å². The first kappa shape index (κ1) is 19.6. The van der Waals surface area contributed by atoms with E-state index in [-0.39, 0.29) is 17.8 Å². The topological polar surface area (TPSA) is 32.3 Å². The van der Waals surface area contributed by atoms with Crippen LogP contribution in [0.2, 0.25) is 0 Å². The van der Waals surface area contributed by atoms with E-state index in [0.717, 1.165) is 31.5 Å². The van der Waals surface area contributed by atoms with Crippen LogP contribution in [-0.2, 0) is 11.2 Å². The van der Waals surface area contributed by atoms with Crippen molar-refractivity contribution in [3.63, 3.8) is 0 Å². The number of likely N-dealkylation sites (tertiary alicyclic amines) is 1. The molecule has 1 aliphatic rings. The van der Waals surface area contributed by atoms with Crippen LogP contribution in [0.3, 0.4) is 0 Å². The van der Waals surface area contributed by atoms with Gasteiger partial charge in [-0.2, -0.15) is 0 Å². The molecule has 144 valence electrons. The second-order valence-corrected chi connectivity index (χ2v) is 7.45. The van der Waals surface area contributed by atoms with E-state index < -0.39 is 0 Å². The lowest BCUT2D eigenvalue weighted by atomic mass is 10.0. The molecule has 1 saturated heterocycles. The molecule has 3 rings (SSSR count). The van der Waals surface area contributed by atoms with Crippen LogP contribution in [0, 0.1) is 12.7 Å². The Labute approximate surface area is 161 Å². The van der Waals surface area contributed by atoms with Crippen LogP contribution in [0.4, 0.5) is 4.39 Å². The quantitative estimate of drug-likeness (QED) is 0.748. The summed E-state index contributed by atoms with van der Waals surface area (Å²) in [5.74, 6) is -0.132. The van der Waals surface area contributed by atoms with E-state index in [0.29, 0.717) is 13.0 Å². The van der Waals surface area contributed by atoms with Gasteiger partial charge in [0.15, 0.2) is 0 Å². The Hall–Kier alpha value is -2.20. The second-order valence-electron chi connectivity index (χ2n) is 7.45. The van der Waals surface area contributed by atoms with E-state index in [1.807, 2.05) is 12.1 Å². The number of aryl methyl sites for hydroxylation is 2. The van der Waals surface area contributed by atoms with E-state index in [2.05, 4.69) is 41.4 Å². The molecule has 0 aromatic heterocycles. The molecular formula is C23H29FN2O. The van der Waals surface area contributed by atoms with Gasteiger partial charge in [-0.05, 0) is 69.0 Å². The van der Waals surface area contributed by atoms with Gasteiger partial charge in [-0.3, -0.25) is 9.69 Å². The molecule has 0 radical (unpaired) electrons. The fraction of sp³-hybridized carbons (Fsp3) is 0.435. The summed E-state index contributed by atoms with van der Waals surface area (Å²) < 4.78 is 13.3. The van der Waals surface area contributed by atoms with Crippen LogP contribution < -0.4 is 5.32 Å². The maximum Gasteiger partial charge on any atom is 0.220 e. The predicted molar refractivity (Wildman–Crippen MR) is 107 cm³/mol. The van der Waals surface area contributed by atoms with Crippen molar-refractivity contribution in [1.29, 1.82) is 0 Å². The third-order valence-corrected chi connectivity index (χ3v) is 5.32. The number of carbonyl (C=O) groups excluding carboxylic acids is 1. The van der Waals surface area contributed by atoms with E-state index in [1.54, 1.807) is 0 Å². The SMILES string of the molecule is Cc1ccc(CCCC(=O)NCC(c2ccc(F)cc2)N2CCCC2)cc1. The van der Waals surface area contributed by atoms with Crippen LogP contribution in [0.25, 0.3) is 0 Å². The highest BCUT2D eigenvalue weighted by molar-refractivity contribution is 5.75. The summed E-state index contributed by atoms with van der Waals surface area (Å²) in [6.07, 6.45) is 4.66. The third-order valence-electron chi connectivity index (χ3n) is 5.32. The molecule has 0 bridgehead atoms. The Morgan fingerprint density at radius 3 is 2.41 bits per heavy atom. The Morgan fingerprint density at radius 1 is 1.07 bits per heavy atom. The van der Waals surface area contributed by atoms with Crippen molar-refractivity contribution < 1.29 is 9.18 Å². The van der Waals surface area contributed by atoms with Gasteiger partial charge < -0.3 is 5.32 Å². The van der Waals surface area contributed by atoms with Crippen molar-refractivity contribution in [2.24, 2.45) is 0 Å². The highest BCUT2D eigenvalue weighted by Crippen LogP contribution is 2.24. The number of carbonyl (C=O) groups is 1. The van der Waals surface area contributed by atoms with Crippen LogP contribution in [0.5, 0.6) is 0 Å². The first-order valence-electron chi connectivity index (χ1n) is 9.93. The van der Waals surface area contributed by atoms with Gasteiger partial charge in [0.1, 0.15) is 5.82 Å². The Balaban J connectivity index is 1.49. The zero-order valence-corrected chi connectivity index (χ0v) is 16.1. The zero-order chi connectivity index (χ0) is 19.1. The molecule has 0 aliphatic carbocycles. The molecule has 27 heavy (non-hydrogen) atoms. The molecule has 3 nitrogen and oxygen atoms in total. The molecular weight excluding hydrogens is 339 g/mol. The number of nitrogens with one attached hydrogen (secondary N) is 1. The Kier molecular flexibility index (Phi) is 6.99. The average Bonchev–Trinajstić information content (AvgIpc) is 3.19. The lowest BCUT2D eigenvalue weighted by molar-refractivity contribution is -0.121. The molecule has 0 spiro atoms. The van der Waals surface area contributed by atoms with Gasteiger partial charge in [0.25, 0.3) is 0 Å². The van der Waals surface area contributed by atoms with Crippen molar-refractivity contribution in [2.75, 3.05) is 19.6 Å². The summed E-state index contributed by atoms with van der Waals surface area (Å²) in [7, 11) is 0. The second kappa shape index (κ2) is 9.65. The summed E-state index contributed by atoms with van der Waals surface area (Å²) in [6.45, 7) is 4.72. The molecule has 1 unspecified atom stereocenters. The number of amides is 1. The highest BCUT2D eigenvalue weighted by atomic mass is 19.1. The summed E-state index contributed by atoms with van der Waals surface area (Å²) in [4.78, 5) is 14.7. The predicted octanol–water partition coefficient (Wildman–Crippen LogP) is 4.41. The number of hydrogen-bond donors (Lipinski definition) is 1. The van der Waals surface area contributed by atoms with Crippen molar-refractivity contribution in [3.05, 3.63) is 71.0 Å². The van der Waals surface area contributed by atoms with E-state index in [4.69, 9.17) is 0 Å². The highest BCUT2D eigenvalue weighted by Gasteiger charge is 2.23. The monoisotopic (exact) mass is 368 g/mol. The lowest BCUT2D eigenvalue weighted by Crippen LogP contribution is -2.36. The molecule has 1 atom stereocenters. The smallest absolute Gasteiger partial charge is 0.220 e. The van der Waals surface area contributed by atoms with Crippen LogP contribution in [0.1, 0.15) is 48.4 Å². The fourth-order valence-corrected chi connectivity index (χ4v) is 3.70. The minimum absolute atomic E-state index is 0.0911. The van der Waals surface area contributed by atoms with Gasteiger partial charge in [-0.15, -0.1) is 0 Å². The number of hydrogen-bond acceptors (Lipinski definition) is 2. The van der Waals surface area contributed by atoms with Gasteiger partial charge >= 0.3 is 0 Å². The largest absolute Gasteiger partial charge is 0.354 e. The summed E-state index contributed by atoms with van der Waals surface area (Å²) in [6, 6.07) is 15.3. The van der Waals surface area contributed by atoms with Crippen molar-refractivity contribution in [2.45, 2.75) is 45.1 Å². The molecule has 2 aromatic carbocycles. The Bertz CT molecular complexity index is 721. The summed E-state index contributed by atoms with van der Waals surface area (Å²) >= 11 is 0. The summed E-state index contributed by atoms with van der Waals surface area (Å²) in [5, 5.41) is 3.09. The lowest BCUT2D eigenvalue weighted by Gasteiger charge is -2.28. The molecule has 1 heterocycles. The zero-order valence-electron chi connectivity index (χ0n) is 16.1. The molecule has 4 heteroatoms. The minimum Gasteiger partial charge on any atom is -0.354 e. The number of nitrogens with zero attached hydrogens (tertiary/aromatic N) is 1. The molecule has 1 aliphatic heterocycles. The molecule has 1 N–H and O–H groups in total. The summed E-state index contributed by atoms with van der Waals surface area (Å²) in [5.41, 5.74) is 3.60. The van der Waals surface area contributed by atoms with Gasteiger partial charge in [0.05, 0.1) is 6.04 Å². The van der Waals surface area contributed by atoms with E-state index >= 15 is 0 Å². The average molecular weight is 368 g/mol. The van der Waals surface area contributed by atoms with Crippen molar-refractivity contribution in [1.82, 2.24) is 10.2 Å². The first-order valence-corrected chi connectivity index (χ1v) is 9.93. The molecule has 0 saturated carbocycles. The van der Waals surface area contributed by atoms with Crippen molar-refractivity contribution in [3.8, 4) is 0 Å². The standard InChI is InChI=1S/C23H29FN2O/c1-18-7-9-19(10-8-18)5-4-6-23(27)25-17-22(26-15-2-3-16-26)20-11-13-21(24)14-12-20/h7-14,22H,2-6,15-17H2,1H3,(H,25,27). The third kappa shape index (κ3) is 5.90. The first-order chi connectivity index (χ1) is 13.1. The number of halogens is 1. The number of benzene rings is 2. The molecule has 2 aromatic rings.